The first-order valence-electron chi connectivity index (χ1n) is 9.11. The molecular formula is C22H21NO2S2. The third-order valence-electron chi connectivity index (χ3n) is 4.84. The Kier molecular flexibility index (Phi) is 5.06. The second-order valence-electron chi connectivity index (χ2n) is 7.03. The highest BCUT2D eigenvalue weighted by Crippen LogP contribution is 2.36. The molecule has 2 aliphatic rings. The SMILES string of the molecule is Cc1cc(/C=C2\SC(=S)N(CCc3ccccc3)C2=O)cc2c1O[C@H](C)C2. The maximum absolute atomic E-state index is 12.8. The maximum atomic E-state index is 12.8. The average molecular weight is 396 g/mol. The van der Waals surface area contributed by atoms with Gasteiger partial charge in [-0.15, -0.1) is 0 Å². The Balaban J connectivity index is 1.52. The lowest BCUT2D eigenvalue weighted by Crippen LogP contribution is -2.30. The molecule has 0 radical (unpaired) electrons. The molecule has 1 atom stereocenters. The molecule has 1 fully saturated rings. The van der Waals surface area contributed by atoms with Crippen LogP contribution in [0, 0.1) is 6.92 Å². The van der Waals surface area contributed by atoms with E-state index in [1.807, 2.05) is 24.3 Å². The van der Waals surface area contributed by atoms with Gasteiger partial charge < -0.3 is 4.74 Å². The number of carbonyl (C=O) groups excluding carboxylic acids is 1. The molecule has 5 heteroatoms. The van der Waals surface area contributed by atoms with Gasteiger partial charge in [-0.2, -0.15) is 0 Å². The summed E-state index contributed by atoms with van der Waals surface area (Å²) in [6.07, 6.45) is 3.88. The van der Waals surface area contributed by atoms with E-state index in [9.17, 15) is 4.79 Å². The zero-order valence-electron chi connectivity index (χ0n) is 15.4. The second kappa shape index (κ2) is 7.49. The Morgan fingerprint density at radius 1 is 1.30 bits per heavy atom. The summed E-state index contributed by atoms with van der Waals surface area (Å²) in [5.41, 5.74) is 4.57. The van der Waals surface area contributed by atoms with Crippen molar-refractivity contribution in [3.8, 4) is 5.75 Å². The molecule has 138 valence electrons. The molecular weight excluding hydrogens is 374 g/mol. The summed E-state index contributed by atoms with van der Waals surface area (Å²) in [4.78, 5) is 15.2. The number of carbonyl (C=O) groups is 1. The summed E-state index contributed by atoms with van der Waals surface area (Å²) in [6.45, 7) is 4.75. The first kappa shape index (κ1) is 18.3. The van der Waals surface area contributed by atoms with Gasteiger partial charge in [-0.05, 0) is 60.7 Å². The smallest absolute Gasteiger partial charge is 0.266 e. The molecule has 2 aromatic carbocycles. The van der Waals surface area contributed by atoms with Gasteiger partial charge in [0.1, 0.15) is 16.2 Å². The van der Waals surface area contributed by atoms with Crippen molar-refractivity contribution in [2.45, 2.75) is 32.8 Å². The number of benzene rings is 2. The molecule has 2 aromatic rings. The van der Waals surface area contributed by atoms with Crippen molar-refractivity contribution in [2.24, 2.45) is 0 Å². The van der Waals surface area contributed by atoms with E-state index in [2.05, 4.69) is 38.1 Å². The van der Waals surface area contributed by atoms with Gasteiger partial charge in [0, 0.05) is 13.0 Å². The molecule has 0 spiro atoms. The van der Waals surface area contributed by atoms with Crippen molar-refractivity contribution in [3.63, 3.8) is 0 Å². The number of hydrogen-bond acceptors (Lipinski definition) is 4. The van der Waals surface area contributed by atoms with Gasteiger partial charge in [-0.1, -0.05) is 54.3 Å². The number of amides is 1. The Hall–Kier alpha value is -2.11. The van der Waals surface area contributed by atoms with Gasteiger partial charge in [0.2, 0.25) is 0 Å². The van der Waals surface area contributed by atoms with E-state index in [0.717, 1.165) is 29.7 Å². The fraction of sp³-hybridized carbons (Fsp3) is 0.273. The fourth-order valence-corrected chi connectivity index (χ4v) is 4.87. The van der Waals surface area contributed by atoms with Crippen LogP contribution in [0.2, 0.25) is 0 Å². The molecule has 2 aliphatic heterocycles. The number of hydrogen-bond donors (Lipinski definition) is 0. The van der Waals surface area contributed by atoms with E-state index in [4.69, 9.17) is 17.0 Å². The van der Waals surface area contributed by atoms with E-state index >= 15 is 0 Å². The van der Waals surface area contributed by atoms with Crippen LogP contribution >= 0.6 is 24.0 Å². The Morgan fingerprint density at radius 2 is 2.07 bits per heavy atom. The predicted octanol–water partition coefficient (Wildman–Crippen LogP) is 4.76. The van der Waals surface area contributed by atoms with Gasteiger partial charge in [0.25, 0.3) is 5.91 Å². The fourth-order valence-electron chi connectivity index (χ4n) is 3.56. The zero-order chi connectivity index (χ0) is 19.0. The van der Waals surface area contributed by atoms with Gasteiger partial charge in [0.05, 0.1) is 4.91 Å². The Morgan fingerprint density at radius 3 is 2.85 bits per heavy atom. The van der Waals surface area contributed by atoms with Crippen LogP contribution in [0.3, 0.4) is 0 Å². The molecule has 0 unspecified atom stereocenters. The van der Waals surface area contributed by atoms with Crippen LogP contribution in [0.15, 0.2) is 47.4 Å². The van der Waals surface area contributed by atoms with Crippen LogP contribution in [0.4, 0.5) is 0 Å². The number of ether oxygens (including phenoxy) is 1. The number of fused-ring (bicyclic) bond motifs is 1. The lowest BCUT2D eigenvalue weighted by molar-refractivity contribution is -0.122. The molecule has 4 rings (SSSR count). The van der Waals surface area contributed by atoms with Gasteiger partial charge in [-0.25, -0.2) is 0 Å². The zero-order valence-corrected chi connectivity index (χ0v) is 17.0. The molecule has 2 heterocycles. The summed E-state index contributed by atoms with van der Waals surface area (Å²) in [5, 5.41) is 0. The quantitative estimate of drug-likeness (QED) is 0.551. The Bertz CT molecular complexity index is 937. The van der Waals surface area contributed by atoms with Crippen LogP contribution in [0.25, 0.3) is 6.08 Å². The minimum atomic E-state index is 0.00343. The third-order valence-corrected chi connectivity index (χ3v) is 6.22. The first-order valence-corrected chi connectivity index (χ1v) is 10.3. The summed E-state index contributed by atoms with van der Waals surface area (Å²) in [5.74, 6) is 0.999. The highest BCUT2D eigenvalue weighted by Gasteiger charge is 2.32. The molecule has 0 saturated carbocycles. The van der Waals surface area contributed by atoms with E-state index in [-0.39, 0.29) is 12.0 Å². The van der Waals surface area contributed by atoms with Crippen LogP contribution in [-0.4, -0.2) is 27.8 Å². The number of nitrogens with zero attached hydrogens (tertiary/aromatic N) is 1. The van der Waals surface area contributed by atoms with Gasteiger partial charge in [0.15, 0.2) is 0 Å². The van der Waals surface area contributed by atoms with Crippen molar-refractivity contribution < 1.29 is 9.53 Å². The molecule has 27 heavy (non-hydrogen) atoms. The Labute approximate surface area is 169 Å². The standard InChI is InChI=1S/C22H21NO2S2/c1-14-10-17(12-18-11-15(2)25-20(14)18)13-19-21(24)23(22(26)27-19)9-8-16-6-4-3-5-7-16/h3-7,10,12-13,15H,8-9,11H2,1-2H3/b19-13-/t15-/m1/s1. The maximum Gasteiger partial charge on any atom is 0.266 e. The van der Waals surface area contributed by atoms with Crippen molar-refractivity contribution >= 4 is 40.3 Å². The minimum absolute atomic E-state index is 0.00343. The minimum Gasteiger partial charge on any atom is -0.490 e. The summed E-state index contributed by atoms with van der Waals surface area (Å²) in [7, 11) is 0. The number of aryl methyl sites for hydroxylation is 1. The van der Waals surface area contributed by atoms with Crippen molar-refractivity contribution in [2.75, 3.05) is 6.54 Å². The number of thioether (sulfide) groups is 1. The highest BCUT2D eigenvalue weighted by molar-refractivity contribution is 8.26. The molecule has 0 bridgehead atoms. The number of thiocarbonyl (C=S) groups is 1. The normalized spacial score (nSPS) is 20.3. The summed E-state index contributed by atoms with van der Waals surface area (Å²) in [6, 6.07) is 14.4. The van der Waals surface area contributed by atoms with Gasteiger partial charge in [-0.3, -0.25) is 9.69 Å². The predicted molar refractivity (Wildman–Crippen MR) is 115 cm³/mol. The molecule has 0 aromatic heterocycles. The monoisotopic (exact) mass is 395 g/mol. The second-order valence-corrected chi connectivity index (χ2v) is 8.70. The molecule has 1 amide bonds. The van der Waals surface area contributed by atoms with E-state index in [1.165, 1.54) is 22.9 Å². The highest BCUT2D eigenvalue weighted by atomic mass is 32.2. The average Bonchev–Trinajstić information content (AvgIpc) is 3.14. The van der Waals surface area contributed by atoms with Crippen molar-refractivity contribution in [1.29, 1.82) is 0 Å². The largest absolute Gasteiger partial charge is 0.490 e. The summed E-state index contributed by atoms with van der Waals surface area (Å²) >= 11 is 6.84. The molecule has 0 N–H and O–H groups in total. The van der Waals surface area contributed by atoms with Crippen LogP contribution in [0.1, 0.15) is 29.2 Å². The van der Waals surface area contributed by atoms with Crippen LogP contribution < -0.4 is 4.74 Å². The molecule has 0 aliphatic carbocycles. The van der Waals surface area contributed by atoms with Gasteiger partial charge >= 0.3 is 0 Å². The van der Waals surface area contributed by atoms with Crippen LogP contribution in [0.5, 0.6) is 5.75 Å². The lowest BCUT2D eigenvalue weighted by Gasteiger charge is -2.14. The van der Waals surface area contributed by atoms with Crippen LogP contribution in [-0.2, 0) is 17.6 Å². The van der Waals surface area contributed by atoms with Crippen molar-refractivity contribution in [1.82, 2.24) is 4.90 Å². The topological polar surface area (TPSA) is 29.5 Å². The van der Waals surface area contributed by atoms with E-state index < -0.39 is 0 Å². The summed E-state index contributed by atoms with van der Waals surface area (Å²) < 4.78 is 6.51. The van der Waals surface area contributed by atoms with E-state index in [1.54, 1.807) is 4.90 Å². The van der Waals surface area contributed by atoms with Crippen molar-refractivity contribution in [3.05, 3.63) is 69.6 Å². The lowest BCUT2D eigenvalue weighted by atomic mass is 10.0. The molecule has 3 nitrogen and oxygen atoms in total. The van der Waals surface area contributed by atoms with E-state index in [0.29, 0.717) is 15.8 Å². The third kappa shape index (κ3) is 3.80. The first-order chi connectivity index (χ1) is 13.0. The number of rotatable bonds is 4. The molecule has 1 saturated heterocycles.